The zero-order valence-electron chi connectivity index (χ0n) is 8.14. The van der Waals surface area contributed by atoms with Crippen LogP contribution in [0, 0.1) is 17.0 Å². The van der Waals surface area contributed by atoms with E-state index in [1.807, 2.05) is 0 Å². The maximum atomic E-state index is 12.5. The van der Waals surface area contributed by atoms with E-state index in [0.29, 0.717) is 0 Å². The second-order valence-electron chi connectivity index (χ2n) is 3.18. The van der Waals surface area contributed by atoms with Crippen LogP contribution in [-0.2, 0) is 11.5 Å². The molecule has 0 aromatic heterocycles. The summed E-state index contributed by atoms with van der Waals surface area (Å²) in [6.07, 6.45) is -4.49. The molecule has 0 N–H and O–H groups in total. The maximum Gasteiger partial charge on any atom is 0.416 e. The van der Waals surface area contributed by atoms with Crippen LogP contribution in [0.3, 0.4) is 0 Å². The van der Waals surface area contributed by atoms with Gasteiger partial charge in [-0.25, -0.2) is 0 Å². The summed E-state index contributed by atoms with van der Waals surface area (Å²) in [5, 5.41) is 10.6. The molecule has 0 bridgehead atoms. The normalized spacial score (nSPS) is 11.6. The van der Waals surface area contributed by atoms with Crippen LogP contribution in [0.4, 0.5) is 18.9 Å². The number of benzene rings is 1. The number of nitrogens with zero attached hydrogens (tertiary/aromatic N) is 1. The van der Waals surface area contributed by atoms with Gasteiger partial charge in [0.1, 0.15) is 0 Å². The standard InChI is InChI=1S/C9H7BrF3NO2/c1-5-2-8(14(15)16)6(4-10)3-7(5)9(11,12)13/h2-3H,4H2,1H3. The number of aryl methyl sites for hydroxylation is 1. The lowest BCUT2D eigenvalue weighted by Gasteiger charge is -2.11. The molecule has 7 heteroatoms. The lowest BCUT2D eigenvalue weighted by molar-refractivity contribution is -0.385. The Labute approximate surface area is 97.5 Å². The fourth-order valence-electron chi connectivity index (χ4n) is 1.32. The minimum absolute atomic E-state index is 0.00662. The minimum Gasteiger partial charge on any atom is -0.258 e. The molecule has 88 valence electrons. The van der Waals surface area contributed by atoms with Crippen LogP contribution in [0.2, 0.25) is 0 Å². The number of nitro groups is 1. The third-order valence-corrected chi connectivity index (χ3v) is 2.68. The highest BCUT2D eigenvalue weighted by atomic mass is 79.9. The number of halogens is 4. The molecule has 0 aliphatic heterocycles. The van der Waals surface area contributed by atoms with Crippen molar-refractivity contribution in [2.45, 2.75) is 18.4 Å². The maximum absolute atomic E-state index is 12.5. The molecule has 0 saturated heterocycles. The number of rotatable bonds is 2. The molecule has 0 aliphatic carbocycles. The zero-order chi connectivity index (χ0) is 12.5. The van der Waals surface area contributed by atoms with Crippen LogP contribution in [0.25, 0.3) is 0 Å². The number of hydrogen-bond donors (Lipinski definition) is 0. The van der Waals surface area contributed by atoms with Gasteiger partial charge in [0.25, 0.3) is 5.69 Å². The second kappa shape index (κ2) is 4.40. The first-order valence-electron chi connectivity index (χ1n) is 4.18. The molecule has 0 atom stereocenters. The van der Waals surface area contributed by atoms with E-state index in [1.165, 1.54) is 6.92 Å². The summed E-state index contributed by atoms with van der Waals surface area (Å²) in [5.41, 5.74) is -1.28. The largest absolute Gasteiger partial charge is 0.416 e. The van der Waals surface area contributed by atoms with E-state index >= 15 is 0 Å². The van der Waals surface area contributed by atoms with Crippen molar-refractivity contribution in [3.8, 4) is 0 Å². The molecule has 0 amide bonds. The fourth-order valence-corrected chi connectivity index (χ4v) is 1.77. The summed E-state index contributed by atoms with van der Waals surface area (Å²) in [6.45, 7) is 1.20. The molecule has 0 aliphatic rings. The molecule has 1 rings (SSSR count). The van der Waals surface area contributed by atoms with Gasteiger partial charge in [0, 0.05) is 17.0 Å². The zero-order valence-corrected chi connectivity index (χ0v) is 9.72. The molecule has 16 heavy (non-hydrogen) atoms. The van der Waals surface area contributed by atoms with Crippen LogP contribution in [0.15, 0.2) is 12.1 Å². The van der Waals surface area contributed by atoms with Gasteiger partial charge in [-0.3, -0.25) is 10.1 Å². The Balaban J connectivity index is 3.43. The monoisotopic (exact) mass is 297 g/mol. The van der Waals surface area contributed by atoms with E-state index in [2.05, 4.69) is 15.9 Å². The van der Waals surface area contributed by atoms with E-state index in [1.54, 1.807) is 0 Å². The lowest BCUT2D eigenvalue weighted by Crippen LogP contribution is -2.09. The first-order valence-corrected chi connectivity index (χ1v) is 5.30. The van der Waals surface area contributed by atoms with E-state index in [4.69, 9.17) is 0 Å². The van der Waals surface area contributed by atoms with E-state index in [0.717, 1.165) is 12.1 Å². The Bertz CT molecular complexity index is 431. The molecule has 0 unspecified atom stereocenters. The van der Waals surface area contributed by atoms with Crippen molar-refractivity contribution in [2.75, 3.05) is 0 Å². The third-order valence-electron chi connectivity index (χ3n) is 2.07. The molecule has 1 aromatic carbocycles. The van der Waals surface area contributed by atoms with Gasteiger partial charge < -0.3 is 0 Å². The molecule has 0 spiro atoms. The summed E-state index contributed by atoms with van der Waals surface area (Å²) in [5.74, 6) is 0. The van der Waals surface area contributed by atoms with Crippen LogP contribution in [0.5, 0.6) is 0 Å². The summed E-state index contributed by atoms with van der Waals surface area (Å²) >= 11 is 2.93. The van der Waals surface area contributed by atoms with Gasteiger partial charge in [-0.15, -0.1) is 0 Å². The Hall–Kier alpha value is -1.11. The summed E-state index contributed by atoms with van der Waals surface area (Å²) in [6, 6.07) is 1.75. The van der Waals surface area contributed by atoms with Gasteiger partial charge in [-0.05, 0) is 18.6 Å². The molecule has 0 heterocycles. The number of alkyl halides is 4. The van der Waals surface area contributed by atoms with Crippen LogP contribution < -0.4 is 0 Å². The molecule has 0 saturated carbocycles. The molecule has 3 nitrogen and oxygen atoms in total. The third kappa shape index (κ3) is 2.52. The predicted molar refractivity (Wildman–Crippen MR) is 55.5 cm³/mol. The van der Waals surface area contributed by atoms with Crippen molar-refractivity contribution >= 4 is 21.6 Å². The van der Waals surface area contributed by atoms with Crippen LogP contribution >= 0.6 is 15.9 Å². The summed E-state index contributed by atoms with van der Waals surface area (Å²) < 4.78 is 37.5. The molecule has 0 radical (unpaired) electrons. The van der Waals surface area contributed by atoms with Crippen molar-refractivity contribution in [3.63, 3.8) is 0 Å². The molecule has 0 fully saturated rings. The van der Waals surface area contributed by atoms with E-state index < -0.39 is 16.7 Å². The van der Waals surface area contributed by atoms with Gasteiger partial charge in [0.2, 0.25) is 0 Å². The minimum atomic E-state index is -4.49. The first-order chi connectivity index (χ1) is 7.27. The highest BCUT2D eigenvalue weighted by Crippen LogP contribution is 2.35. The fraction of sp³-hybridized carbons (Fsp3) is 0.333. The highest BCUT2D eigenvalue weighted by molar-refractivity contribution is 9.08. The Morgan fingerprint density at radius 1 is 1.44 bits per heavy atom. The van der Waals surface area contributed by atoms with Crippen molar-refractivity contribution < 1.29 is 18.1 Å². The smallest absolute Gasteiger partial charge is 0.258 e. The van der Waals surface area contributed by atoms with Gasteiger partial charge >= 0.3 is 6.18 Å². The highest BCUT2D eigenvalue weighted by Gasteiger charge is 2.34. The molecular weight excluding hydrogens is 291 g/mol. The SMILES string of the molecule is Cc1cc([N+](=O)[O-])c(CBr)cc1C(F)(F)F. The Morgan fingerprint density at radius 3 is 2.38 bits per heavy atom. The molecular formula is C9H7BrF3NO2. The Morgan fingerprint density at radius 2 is 2.00 bits per heavy atom. The van der Waals surface area contributed by atoms with E-state index in [9.17, 15) is 23.3 Å². The number of hydrogen-bond acceptors (Lipinski definition) is 2. The molecule has 1 aromatic rings. The topological polar surface area (TPSA) is 43.1 Å². The van der Waals surface area contributed by atoms with E-state index in [-0.39, 0.29) is 22.1 Å². The average Bonchev–Trinajstić information content (AvgIpc) is 2.15. The summed E-state index contributed by atoms with van der Waals surface area (Å²) in [7, 11) is 0. The van der Waals surface area contributed by atoms with Gasteiger partial charge in [0.15, 0.2) is 0 Å². The lowest BCUT2D eigenvalue weighted by atomic mass is 10.0. The second-order valence-corrected chi connectivity index (χ2v) is 3.75. The van der Waals surface area contributed by atoms with Crippen molar-refractivity contribution in [1.29, 1.82) is 0 Å². The Kier molecular flexibility index (Phi) is 3.57. The number of nitro benzene ring substituents is 1. The predicted octanol–water partition coefficient (Wildman–Crippen LogP) is 3.82. The van der Waals surface area contributed by atoms with Gasteiger partial charge in [-0.2, -0.15) is 13.2 Å². The van der Waals surface area contributed by atoms with Crippen molar-refractivity contribution in [1.82, 2.24) is 0 Å². The summed E-state index contributed by atoms with van der Waals surface area (Å²) in [4.78, 5) is 9.91. The van der Waals surface area contributed by atoms with Gasteiger partial charge in [0.05, 0.1) is 10.5 Å². The van der Waals surface area contributed by atoms with Crippen molar-refractivity contribution in [3.05, 3.63) is 38.9 Å². The van der Waals surface area contributed by atoms with Gasteiger partial charge in [-0.1, -0.05) is 15.9 Å². The first kappa shape index (κ1) is 13.0. The van der Waals surface area contributed by atoms with Crippen LogP contribution in [-0.4, -0.2) is 4.92 Å². The average molecular weight is 298 g/mol. The quantitative estimate of drug-likeness (QED) is 0.473. The van der Waals surface area contributed by atoms with Crippen LogP contribution in [0.1, 0.15) is 16.7 Å². The van der Waals surface area contributed by atoms with Crippen molar-refractivity contribution in [2.24, 2.45) is 0 Å².